The molecule has 2 N–H and O–H groups in total. The van der Waals surface area contributed by atoms with Gasteiger partial charge in [0.1, 0.15) is 0 Å². The molecular formula is C24H27NO4S. The van der Waals surface area contributed by atoms with Gasteiger partial charge in [-0.05, 0) is 47.9 Å². The summed E-state index contributed by atoms with van der Waals surface area (Å²) in [6.45, 7) is 1.19. The third-order valence-electron chi connectivity index (χ3n) is 5.41. The molecule has 0 aromatic heterocycles. The Morgan fingerprint density at radius 1 is 1.07 bits per heavy atom. The molecule has 30 heavy (non-hydrogen) atoms. The van der Waals surface area contributed by atoms with E-state index in [1.165, 1.54) is 18.1 Å². The van der Waals surface area contributed by atoms with Crippen molar-refractivity contribution < 1.29 is 19.5 Å². The highest BCUT2D eigenvalue weighted by Gasteiger charge is 2.29. The molecule has 1 aliphatic carbocycles. The minimum Gasteiger partial charge on any atom is -0.480 e. The summed E-state index contributed by atoms with van der Waals surface area (Å²) < 4.78 is 0. The molecule has 5 nitrogen and oxygen atoms in total. The number of ketones is 1. The summed E-state index contributed by atoms with van der Waals surface area (Å²) in [5.41, 5.74) is 4.55. The zero-order chi connectivity index (χ0) is 21.5. The average molecular weight is 426 g/mol. The van der Waals surface area contributed by atoms with Gasteiger partial charge in [-0.3, -0.25) is 19.7 Å². The van der Waals surface area contributed by atoms with Crippen LogP contribution < -0.4 is 5.32 Å². The molecule has 3 rings (SSSR count). The highest BCUT2D eigenvalue weighted by atomic mass is 32.2. The van der Waals surface area contributed by atoms with Gasteiger partial charge in [-0.2, -0.15) is 0 Å². The van der Waals surface area contributed by atoms with E-state index in [4.69, 9.17) is 5.11 Å². The number of aliphatic carboxylic acids is 1. The monoisotopic (exact) mass is 425 g/mol. The van der Waals surface area contributed by atoms with E-state index in [9.17, 15) is 14.4 Å². The van der Waals surface area contributed by atoms with E-state index < -0.39 is 17.9 Å². The zero-order valence-corrected chi connectivity index (χ0v) is 17.9. The largest absolute Gasteiger partial charge is 0.480 e. The van der Waals surface area contributed by atoms with Gasteiger partial charge >= 0.3 is 5.97 Å². The molecule has 0 bridgehead atoms. The van der Waals surface area contributed by atoms with E-state index in [1.807, 2.05) is 30.3 Å². The number of fused-ring (bicyclic) bond motifs is 1. The molecule has 1 aliphatic rings. The molecule has 0 radical (unpaired) electrons. The number of rotatable bonds is 10. The molecule has 2 aromatic carbocycles. The van der Waals surface area contributed by atoms with Gasteiger partial charge in [0.05, 0.1) is 12.6 Å². The van der Waals surface area contributed by atoms with Crippen molar-refractivity contribution in [2.75, 3.05) is 12.3 Å². The SMILES string of the molecule is CC(=O)SCC(Cc1ccc2c(c1)CCC2)C(=O)C(NCC(=O)O)c1ccccc1. The number of Topliss-reactive ketones (excluding diaryl/α,β-unsaturated/α-hetero) is 1. The van der Waals surface area contributed by atoms with Crippen molar-refractivity contribution in [3.05, 3.63) is 70.8 Å². The summed E-state index contributed by atoms with van der Waals surface area (Å²) in [6, 6.07) is 14.8. The Kier molecular flexibility index (Phi) is 7.82. The summed E-state index contributed by atoms with van der Waals surface area (Å²) in [5, 5.41) is 12.0. The fourth-order valence-corrected chi connectivity index (χ4v) is 4.67. The van der Waals surface area contributed by atoms with E-state index in [0.29, 0.717) is 12.2 Å². The van der Waals surface area contributed by atoms with Crippen molar-refractivity contribution in [2.45, 2.75) is 38.6 Å². The Morgan fingerprint density at radius 3 is 2.50 bits per heavy atom. The fraction of sp³-hybridized carbons (Fsp3) is 0.375. The number of benzene rings is 2. The Labute approximate surface area is 181 Å². The first-order valence-corrected chi connectivity index (χ1v) is 11.2. The molecule has 0 saturated heterocycles. The van der Waals surface area contributed by atoms with Crippen LogP contribution in [0.2, 0.25) is 0 Å². The molecule has 0 fully saturated rings. The van der Waals surface area contributed by atoms with E-state index in [1.54, 1.807) is 0 Å². The Bertz CT molecular complexity index is 913. The molecule has 0 amide bonds. The number of carboxylic acids is 1. The van der Waals surface area contributed by atoms with Gasteiger partial charge in [0.25, 0.3) is 0 Å². The maximum absolute atomic E-state index is 13.5. The second-order valence-corrected chi connectivity index (χ2v) is 8.88. The summed E-state index contributed by atoms with van der Waals surface area (Å²) in [4.78, 5) is 36.2. The van der Waals surface area contributed by atoms with E-state index >= 15 is 0 Å². The van der Waals surface area contributed by atoms with Gasteiger partial charge in [0.2, 0.25) is 0 Å². The second-order valence-electron chi connectivity index (χ2n) is 7.68. The Hall–Kier alpha value is -2.44. The lowest BCUT2D eigenvalue weighted by atomic mass is 9.89. The van der Waals surface area contributed by atoms with Crippen LogP contribution in [0.5, 0.6) is 0 Å². The molecule has 2 atom stereocenters. The van der Waals surface area contributed by atoms with Crippen molar-refractivity contribution in [1.82, 2.24) is 5.32 Å². The van der Waals surface area contributed by atoms with Crippen molar-refractivity contribution >= 4 is 28.6 Å². The van der Waals surface area contributed by atoms with Crippen LogP contribution in [0.3, 0.4) is 0 Å². The van der Waals surface area contributed by atoms with Crippen molar-refractivity contribution in [3.63, 3.8) is 0 Å². The smallest absolute Gasteiger partial charge is 0.317 e. The number of hydrogen-bond donors (Lipinski definition) is 2. The molecule has 0 aliphatic heterocycles. The molecule has 2 unspecified atom stereocenters. The lowest BCUT2D eigenvalue weighted by Gasteiger charge is -2.23. The first kappa shape index (κ1) is 22.2. The number of nitrogens with one attached hydrogen (secondary N) is 1. The van der Waals surface area contributed by atoms with Crippen LogP contribution in [-0.4, -0.2) is 34.3 Å². The average Bonchev–Trinajstić information content (AvgIpc) is 3.19. The predicted molar refractivity (Wildman–Crippen MR) is 119 cm³/mol. The fourth-order valence-electron chi connectivity index (χ4n) is 3.95. The third kappa shape index (κ3) is 6.03. The van der Waals surface area contributed by atoms with Gasteiger partial charge < -0.3 is 5.11 Å². The maximum Gasteiger partial charge on any atom is 0.317 e. The standard InChI is InChI=1S/C24H27NO4S/c1-16(26)30-15-21(13-17-10-11-18-8-5-9-20(18)12-17)24(29)23(25-14-22(27)28)19-6-3-2-4-7-19/h2-4,6-7,10-12,21,23,25H,5,8-9,13-15H2,1H3,(H,27,28). The maximum atomic E-state index is 13.5. The van der Waals surface area contributed by atoms with Crippen LogP contribution >= 0.6 is 11.8 Å². The van der Waals surface area contributed by atoms with Crippen LogP contribution in [0.15, 0.2) is 48.5 Å². The Balaban J connectivity index is 1.84. The Morgan fingerprint density at radius 2 is 1.80 bits per heavy atom. The quantitative estimate of drug-likeness (QED) is 0.605. The van der Waals surface area contributed by atoms with Crippen molar-refractivity contribution in [3.8, 4) is 0 Å². The van der Waals surface area contributed by atoms with Gasteiger partial charge in [-0.15, -0.1) is 0 Å². The number of aryl methyl sites for hydroxylation is 2. The van der Waals surface area contributed by atoms with Crippen LogP contribution in [-0.2, 0) is 33.6 Å². The first-order chi connectivity index (χ1) is 14.4. The van der Waals surface area contributed by atoms with Crippen LogP contribution in [0.1, 0.15) is 41.6 Å². The van der Waals surface area contributed by atoms with Crippen LogP contribution in [0, 0.1) is 5.92 Å². The van der Waals surface area contributed by atoms with E-state index in [-0.39, 0.29) is 17.4 Å². The van der Waals surface area contributed by atoms with Gasteiger partial charge in [0, 0.05) is 18.6 Å². The molecule has 0 spiro atoms. The number of hydrogen-bond acceptors (Lipinski definition) is 5. The van der Waals surface area contributed by atoms with E-state index in [2.05, 4.69) is 23.5 Å². The third-order valence-corrected chi connectivity index (χ3v) is 6.39. The predicted octanol–water partition coefficient (Wildman–Crippen LogP) is 3.60. The topological polar surface area (TPSA) is 83.5 Å². The molecular weight excluding hydrogens is 398 g/mol. The molecule has 0 saturated carbocycles. The highest BCUT2D eigenvalue weighted by Crippen LogP contribution is 2.27. The molecule has 0 heterocycles. The van der Waals surface area contributed by atoms with Crippen molar-refractivity contribution in [2.24, 2.45) is 5.92 Å². The summed E-state index contributed by atoms with van der Waals surface area (Å²) in [7, 11) is 0. The lowest BCUT2D eigenvalue weighted by Crippen LogP contribution is -2.37. The number of carbonyl (C=O) groups excluding carboxylic acids is 2. The number of thioether (sulfide) groups is 1. The van der Waals surface area contributed by atoms with Gasteiger partial charge in [-0.1, -0.05) is 60.3 Å². The zero-order valence-electron chi connectivity index (χ0n) is 17.1. The van der Waals surface area contributed by atoms with Crippen LogP contribution in [0.25, 0.3) is 0 Å². The summed E-state index contributed by atoms with van der Waals surface area (Å²) in [6.07, 6.45) is 3.87. The van der Waals surface area contributed by atoms with E-state index in [0.717, 1.165) is 42.2 Å². The summed E-state index contributed by atoms with van der Waals surface area (Å²) in [5.74, 6) is -1.12. The van der Waals surface area contributed by atoms with Gasteiger partial charge in [-0.25, -0.2) is 0 Å². The number of carbonyl (C=O) groups is 3. The molecule has 6 heteroatoms. The molecule has 2 aromatic rings. The van der Waals surface area contributed by atoms with Gasteiger partial charge in [0.15, 0.2) is 10.9 Å². The second kappa shape index (κ2) is 10.5. The van der Waals surface area contributed by atoms with Crippen LogP contribution in [0.4, 0.5) is 0 Å². The minimum absolute atomic E-state index is 0.0310. The first-order valence-electron chi connectivity index (χ1n) is 10.2. The molecule has 158 valence electrons. The summed E-state index contributed by atoms with van der Waals surface area (Å²) >= 11 is 1.15. The highest BCUT2D eigenvalue weighted by molar-refractivity contribution is 8.13. The minimum atomic E-state index is -1.02. The lowest BCUT2D eigenvalue weighted by molar-refractivity contribution is -0.136. The number of carboxylic acid groups (broad SMARTS) is 1. The van der Waals surface area contributed by atoms with Crippen molar-refractivity contribution in [1.29, 1.82) is 0 Å². The normalized spacial score (nSPS) is 14.7.